The second kappa shape index (κ2) is 6.41. The Kier molecular flexibility index (Phi) is 5.57. The van der Waals surface area contributed by atoms with Gasteiger partial charge in [-0.2, -0.15) is 0 Å². The van der Waals surface area contributed by atoms with E-state index in [0.29, 0.717) is 4.47 Å². The van der Waals surface area contributed by atoms with Gasteiger partial charge in [0, 0.05) is 10.4 Å². The Morgan fingerprint density at radius 1 is 1.40 bits per heavy atom. The van der Waals surface area contributed by atoms with Crippen LogP contribution in [0.25, 0.3) is 0 Å². The van der Waals surface area contributed by atoms with Gasteiger partial charge in [-0.15, -0.1) is 0 Å². The molecule has 0 aliphatic rings. The molecule has 0 saturated carbocycles. The number of rotatable bonds is 5. The van der Waals surface area contributed by atoms with Gasteiger partial charge < -0.3 is 4.74 Å². The molecule has 114 valence electrons. The highest BCUT2D eigenvalue weighted by Crippen LogP contribution is 2.29. The lowest BCUT2D eigenvalue weighted by Gasteiger charge is -2.29. The highest BCUT2D eigenvalue weighted by Gasteiger charge is 2.29. The molecule has 0 bridgehead atoms. The van der Waals surface area contributed by atoms with Crippen molar-refractivity contribution in [2.45, 2.75) is 20.8 Å². The van der Waals surface area contributed by atoms with Gasteiger partial charge in [0.1, 0.15) is 0 Å². The third kappa shape index (κ3) is 5.76. The van der Waals surface area contributed by atoms with Crippen molar-refractivity contribution in [1.29, 1.82) is 0 Å². The lowest BCUT2D eigenvalue weighted by molar-refractivity contribution is 0.159. The number of nitrogens with two attached hydrogens (primary N) is 1. The van der Waals surface area contributed by atoms with Crippen LogP contribution in [0, 0.1) is 17.2 Å². The van der Waals surface area contributed by atoms with E-state index >= 15 is 0 Å². The second-order valence-electron chi connectivity index (χ2n) is 5.78. The van der Waals surface area contributed by atoms with E-state index in [4.69, 9.17) is 9.88 Å². The summed E-state index contributed by atoms with van der Waals surface area (Å²) in [7, 11) is -3.61. The van der Waals surface area contributed by atoms with Gasteiger partial charge >= 0.3 is 0 Å². The van der Waals surface area contributed by atoms with Crippen molar-refractivity contribution in [3.05, 3.63) is 28.5 Å². The van der Waals surface area contributed by atoms with Gasteiger partial charge in [-0.25, -0.2) is 17.9 Å². The molecule has 0 amide bonds. The molecule has 1 unspecified atom stereocenters. The van der Waals surface area contributed by atoms with Crippen molar-refractivity contribution in [3.63, 3.8) is 0 Å². The molecular weight excluding hydrogens is 349 g/mol. The molecule has 0 spiro atoms. The summed E-state index contributed by atoms with van der Waals surface area (Å²) >= 11 is 3.23. The molecule has 0 saturated heterocycles. The number of halogens is 2. The van der Waals surface area contributed by atoms with Crippen molar-refractivity contribution in [2.75, 3.05) is 12.4 Å². The molecule has 20 heavy (non-hydrogen) atoms. The maximum absolute atomic E-state index is 13.6. The summed E-state index contributed by atoms with van der Waals surface area (Å²) in [6.45, 7) is 5.75. The lowest BCUT2D eigenvalue weighted by atomic mass is 9.82. The average Bonchev–Trinajstić information content (AvgIpc) is 2.25. The van der Waals surface area contributed by atoms with E-state index in [2.05, 4.69) is 15.9 Å². The largest absolute Gasteiger partial charge is 0.490 e. The van der Waals surface area contributed by atoms with Crippen LogP contribution in [0.5, 0.6) is 5.75 Å². The fraction of sp³-hybridized carbons (Fsp3) is 0.538. The summed E-state index contributed by atoms with van der Waals surface area (Å²) in [5, 5.41) is 5.09. The fourth-order valence-electron chi connectivity index (χ4n) is 1.61. The normalized spacial score (nSPS) is 14.1. The molecule has 1 aromatic rings. The summed E-state index contributed by atoms with van der Waals surface area (Å²) in [4.78, 5) is 0. The van der Waals surface area contributed by atoms with Gasteiger partial charge in [0.05, 0.1) is 12.4 Å². The van der Waals surface area contributed by atoms with E-state index in [-0.39, 0.29) is 29.4 Å². The minimum absolute atomic E-state index is 0.0767. The van der Waals surface area contributed by atoms with E-state index in [9.17, 15) is 12.8 Å². The van der Waals surface area contributed by atoms with E-state index < -0.39 is 15.8 Å². The van der Waals surface area contributed by atoms with Gasteiger partial charge in [0.15, 0.2) is 11.6 Å². The maximum Gasteiger partial charge on any atom is 0.209 e. The number of primary sulfonamides is 1. The molecule has 0 aromatic heterocycles. The molecule has 0 heterocycles. The molecule has 0 radical (unpaired) electrons. The maximum atomic E-state index is 13.6. The summed E-state index contributed by atoms with van der Waals surface area (Å²) in [5.74, 6) is -0.943. The zero-order chi connectivity index (χ0) is 15.6. The minimum Gasteiger partial charge on any atom is -0.490 e. The van der Waals surface area contributed by atoms with Crippen LogP contribution < -0.4 is 9.88 Å². The third-order valence-corrected chi connectivity index (χ3v) is 4.35. The molecule has 0 aliphatic carbocycles. The molecule has 2 N–H and O–H groups in total. The molecule has 1 aromatic carbocycles. The number of benzene rings is 1. The van der Waals surface area contributed by atoms with Crippen LogP contribution >= 0.6 is 15.9 Å². The Morgan fingerprint density at radius 3 is 2.50 bits per heavy atom. The molecule has 4 nitrogen and oxygen atoms in total. The predicted molar refractivity (Wildman–Crippen MR) is 80.5 cm³/mol. The van der Waals surface area contributed by atoms with Crippen LogP contribution in [-0.4, -0.2) is 20.8 Å². The molecule has 1 atom stereocenters. The number of hydrogen-bond acceptors (Lipinski definition) is 3. The standard InChI is InChI=1S/C13H19BrFNO3S/c1-13(2,3)9(8-20(16,17)18)7-19-12-6-10(14)4-5-11(12)15/h4-6,9H,7-8H2,1-3H3,(H2,16,17,18). The number of hydrogen-bond donors (Lipinski definition) is 1. The van der Waals surface area contributed by atoms with Crippen molar-refractivity contribution in [1.82, 2.24) is 0 Å². The summed E-state index contributed by atoms with van der Waals surface area (Å²) in [5.41, 5.74) is -0.324. The highest BCUT2D eigenvalue weighted by atomic mass is 79.9. The molecule has 7 heteroatoms. The van der Waals surface area contributed by atoms with Crippen LogP contribution in [0.4, 0.5) is 4.39 Å². The molecule has 1 rings (SSSR count). The monoisotopic (exact) mass is 367 g/mol. The van der Waals surface area contributed by atoms with E-state index in [1.165, 1.54) is 12.1 Å². The van der Waals surface area contributed by atoms with Crippen LogP contribution in [0.3, 0.4) is 0 Å². The van der Waals surface area contributed by atoms with Crippen molar-refractivity contribution in [3.8, 4) is 5.75 Å². The Bertz CT molecular complexity index is 569. The third-order valence-electron chi connectivity index (χ3n) is 2.99. The molecular formula is C13H19BrFNO3S. The first-order valence-corrected chi connectivity index (χ1v) is 8.58. The van der Waals surface area contributed by atoms with Gasteiger partial charge in [-0.1, -0.05) is 36.7 Å². The average molecular weight is 368 g/mol. The van der Waals surface area contributed by atoms with Gasteiger partial charge in [0.25, 0.3) is 0 Å². The SMILES string of the molecule is CC(C)(C)C(COc1cc(Br)ccc1F)CS(N)(=O)=O. The first kappa shape index (κ1) is 17.4. The Morgan fingerprint density at radius 2 is 2.00 bits per heavy atom. The van der Waals surface area contributed by atoms with Crippen molar-refractivity contribution < 1.29 is 17.5 Å². The number of ether oxygens (including phenoxy) is 1. The van der Waals surface area contributed by atoms with E-state index in [1.54, 1.807) is 6.07 Å². The highest BCUT2D eigenvalue weighted by molar-refractivity contribution is 9.10. The summed E-state index contributed by atoms with van der Waals surface area (Å²) < 4.78 is 42.2. The summed E-state index contributed by atoms with van der Waals surface area (Å²) in [6, 6.07) is 4.35. The van der Waals surface area contributed by atoms with Gasteiger partial charge in [0.2, 0.25) is 10.0 Å². The van der Waals surface area contributed by atoms with Crippen LogP contribution in [0.15, 0.2) is 22.7 Å². The second-order valence-corrected chi connectivity index (χ2v) is 8.35. The van der Waals surface area contributed by atoms with Crippen LogP contribution in [-0.2, 0) is 10.0 Å². The van der Waals surface area contributed by atoms with Crippen molar-refractivity contribution >= 4 is 26.0 Å². The quantitative estimate of drug-likeness (QED) is 0.869. The first-order chi connectivity index (χ1) is 8.99. The van der Waals surface area contributed by atoms with E-state index in [1.807, 2.05) is 20.8 Å². The first-order valence-electron chi connectivity index (χ1n) is 6.07. The predicted octanol–water partition coefficient (Wildman–Crippen LogP) is 2.92. The lowest BCUT2D eigenvalue weighted by Crippen LogP contribution is -2.35. The van der Waals surface area contributed by atoms with Gasteiger partial charge in [-0.3, -0.25) is 0 Å². The Hall–Kier alpha value is -0.660. The minimum atomic E-state index is -3.61. The van der Waals surface area contributed by atoms with Crippen LogP contribution in [0.2, 0.25) is 0 Å². The fourth-order valence-corrected chi connectivity index (χ4v) is 3.10. The van der Waals surface area contributed by atoms with Crippen molar-refractivity contribution in [2.24, 2.45) is 16.5 Å². The smallest absolute Gasteiger partial charge is 0.209 e. The topological polar surface area (TPSA) is 69.4 Å². The molecule has 0 fully saturated rings. The van der Waals surface area contributed by atoms with E-state index in [0.717, 1.165) is 0 Å². The zero-order valence-electron chi connectivity index (χ0n) is 11.7. The van der Waals surface area contributed by atoms with Gasteiger partial charge in [-0.05, 0) is 23.6 Å². The summed E-state index contributed by atoms with van der Waals surface area (Å²) in [6.07, 6.45) is 0. The van der Waals surface area contributed by atoms with Crippen LogP contribution in [0.1, 0.15) is 20.8 Å². The number of sulfonamides is 1. The Labute approximate surface area is 127 Å². The Balaban J connectivity index is 2.84. The zero-order valence-corrected chi connectivity index (χ0v) is 14.1. The molecule has 0 aliphatic heterocycles.